The van der Waals surface area contributed by atoms with Crippen LogP contribution in [0.5, 0.6) is 5.75 Å². The largest absolute Gasteiger partial charge is 0.486 e. The Kier molecular flexibility index (Phi) is 4.71. The van der Waals surface area contributed by atoms with E-state index in [4.69, 9.17) is 4.74 Å². The molecular weight excluding hydrogens is 250 g/mol. The third-order valence-corrected chi connectivity index (χ3v) is 4.04. The molecular formula is C17H27NO2. The van der Waals surface area contributed by atoms with Gasteiger partial charge < -0.3 is 9.84 Å². The summed E-state index contributed by atoms with van der Waals surface area (Å²) in [6, 6.07) is 7.83. The number of para-hydroxylation sites is 1. The van der Waals surface area contributed by atoms with Crippen molar-refractivity contribution >= 4 is 0 Å². The molecule has 3 nitrogen and oxygen atoms in total. The summed E-state index contributed by atoms with van der Waals surface area (Å²) >= 11 is 0. The first kappa shape index (κ1) is 15.3. The first-order chi connectivity index (χ1) is 9.51. The Balaban J connectivity index is 2.36. The number of fused-ring (bicyclic) bond motifs is 1. The van der Waals surface area contributed by atoms with Gasteiger partial charge in [0, 0.05) is 5.56 Å². The van der Waals surface area contributed by atoms with E-state index < -0.39 is 11.7 Å². The molecule has 0 radical (unpaired) electrons. The fraction of sp³-hybridized carbons (Fsp3) is 0.647. The summed E-state index contributed by atoms with van der Waals surface area (Å²) in [7, 11) is 0. The molecule has 0 amide bonds. The van der Waals surface area contributed by atoms with E-state index in [1.54, 1.807) is 0 Å². The van der Waals surface area contributed by atoms with Crippen molar-refractivity contribution < 1.29 is 9.84 Å². The number of hydrogen-bond acceptors (Lipinski definition) is 3. The quantitative estimate of drug-likeness (QED) is 0.895. The van der Waals surface area contributed by atoms with Crippen molar-refractivity contribution in [1.82, 2.24) is 4.90 Å². The third-order valence-electron chi connectivity index (χ3n) is 4.04. The number of hydrogen-bond donors (Lipinski definition) is 1. The van der Waals surface area contributed by atoms with Gasteiger partial charge in [-0.2, -0.15) is 0 Å². The van der Waals surface area contributed by atoms with E-state index in [9.17, 15) is 5.11 Å². The molecule has 1 aliphatic rings. The van der Waals surface area contributed by atoms with Crippen LogP contribution in [0.15, 0.2) is 24.3 Å². The Bertz CT molecular complexity index is 438. The Morgan fingerprint density at radius 1 is 1.15 bits per heavy atom. The van der Waals surface area contributed by atoms with Crippen LogP contribution < -0.4 is 4.74 Å². The lowest BCUT2D eigenvalue weighted by Crippen LogP contribution is -2.58. The minimum absolute atomic E-state index is 0.00250. The zero-order valence-corrected chi connectivity index (χ0v) is 13.1. The van der Waals surface area contributed by atoms with Crippen LogP contribution in [-0.2, 0) is 0 Å². The average Bonchev–Trinajstić information content (AvgIpc) is 2.38. The molecule has 1 aliphatic heterocycles. The lowest BCUT2D eigenvalue weighted by atomic mass is 9.84. The standard InChI is InChI=1S/C17H27NO2/c1-5-11-18(12-6-2)16-15(19)13-9-7-8-10-14(13)20-17(16,3)4/h7-10,15-16,19H,5-6,11-12H2,1-4H3. The maximum absolute atomic E-state index is 10.9. The van der Waals surface area contributed by atoms with Crippen LogP contribution in [0.2, 0.25) is 0 Å². The summed E-state index contributed by atoms with van der Waals surface area (Å²) in [6.45, 7) is 10.5. The van der Waals surface area contributed by atoms with Crippen molar-refractivity contribution in [3.8, 4) is 5.75 Å². The van der Waals surface area contributed by atoms with Crippen LogP contribution in [0.3, 0.4) is 0 Å². The van der Waals surface area contributed by atoms with Crippen LogP contribution in [0.1, 0.15) is 52.2 Å². The highest BCUT2D eigenvalue weighted by atomic mass is 16.5. The van der Waals surface area contributed by atoms with Gasteiger partial charge in [-0.15, -0.1) is 0 Å². The van der Waals surface area contributed by atoms with Crippen molar-refractivity contribution in [2.45, 2.75) is 58.3 Å². The van der Waals surface area contributed by atoms with Crippen LogP contribution in [0.25, 0.3) is 0 Å². The fourth-order valence-corrected chi connectivity index (χ4v) is 3.32. The normalized spacial score (nSPS) is 24.3. The molecule has 2 atom stereocenters. The van der Waals surface area contributed by atoms with Gasteiger partial charge >= 0.3 is 0 Å². The SMILES string of the molecule is CCCN(CCC)C1C(O)c2ccccc2OC1(C)C. The minimum Gasteiger partial charge on any atom is -0.486 e. The van der Waals surface area contributed by atoms with Gasteiger partial charge in [0.1, 0.15) is 17.5 Å². The lowest BCUT2D eigenvalue weighted by molar-refractivity contribution is -0.0827. The highest BCUT2D eigenvalue weighted by Gasteiger charge is 2.45. The van der Waals surface area contributed by atoms with Crippen molar-refractivity contribution in [2.24, 2.45) is 0 Å². The molecule has 1 aromatic carbocycles. The van der Waals surface area contributed by atoms with Crippen LogP contribution in [0, 0.1) is 0 Å². The zero-order valence-electron chi connectivity index (χ0n) is 13.1. The second-order valence-electron chi connectivity index (χ2n) is 6.17. The molecule has 1 heterocycles. The highest BCUT2D eigenvalue weighted by molar-refractivity contribution is 5.39. The van der Waals surface area contributed by atoms with Gasteiger partial charge in [-0.25, -0.2) is 0 Å². The van der Waals surface area contributed by atoms with Crippen molar-refractivity contribution in [3.05, 3.63) is 29.8 Å². The predicted molar refractivity (Wildman–Crippen MR) is 82.1 cm³/mol. The average molecular weight is 277 g/mol. The molecule has 0 saturated heterocycles. The summed E-state index contributed by atoms with van der Waals surface area (Å²) in [4.78, 5) is 2.38. The number of ether oxygens (including phenoxy) is 1. The molecule has 1 aromatic rings. The van der Waals surface area contributed by atoms with E-state index in [2.05, 4.69) is 32.6 Å². The first-order valence-corrected chi connectivity index (χ1v) is 7.71. The molecule has 112 valence electrons. The molecule has 1 N–H and O–H groups in total. The summed E-state index contributed by atoms with van der Waals surface area (Å²) in [5, 5.41) is 10.9. The fourth-order valence-electron chi connectivity index (χ4n) is 3.32. The third kappa shape index (κ3) is 2.84. The number of nitrogens with zero attached hydrogens (tertiary/aromatic N) is 1. The summed E-state index contributed by atoms with van der Waals surface area (Å²) in [5.74, 6) is 0.814. The van der Waals surface area contributed by atoms with E-state index >= 15 is 0 Å². The molecule has 3 heteroatoms. The van der Waals surface area contributed by atoms with E-state index in [1.165, 1.54) is 0 Å². The molecule has 0 fully saturated rings. The van der Waals surface area contributed by atoms with Gasteiger partial charge in [0.05, 0.1) is 6.04 Å². The van der Waals surface area contributed by atoms with Gasteiger partial charge in [-0.05, 0) is 45.8 Å². The van der Waals surface area contributed by atoms with Gasteiger partial charge in [0.2, 0.25) is 0 Å². The Hall–Kier alpha value is -1.06. The number of rotatable bonds is 5. The van der Waals surface area contributed by atoms with Crippen molar-refractivity contribution in [2.75, 3.05) is 13.1 Å². The predicted octanol–water partition coefficient (Wildman–Crippen LogP) is 3.38. The molecule has 0 saturated carbocycles. The lowest BCUT2D eigenvalue weighted by Gasteiger charge is -2.48. The maximum Gasteiger partial charge on any atom is 0.126 e. The minimum atomic E-state index is -0.493. The second-order valence-corrected chi connectivity index (χ2v) is 6.17. The first-order valence-electron chi connectivity index (χ1n) is 7.71. The molecule has 2 rings (SSSR count). The van der Waals surface area contributed by atoms with E-state index in [0.717, 1.165) is 37.2 Å². The van der Waals surface area contributed by atoms with E-state index in [1.807, 2.05) is 24.3 Å². The molecule has 20 heavy (non-hydrogen) atoms. The van der Waals surface area contributed by atoms with Crippen molar-refractivity contribution in [3.63, 3.8) is 0 Å². The zero-order chi connectivity index (χ0) is 14.8. The molecule has 0 spiro atoms. The van der Waals surface area contributed by atoms with E-state index in [-0.39, 0.29) is 6.04 Å². The molecule has 0 aromatic heterocycles. The van der Waals surface area contributed by atoms with Gasteiger partial charge in [0.25, 0.3) is 0 Å². The Labute approximate surface area is 122 Å². The van der Waals surface area contributed by atoms with Gasteiger partial charge in [0.15, 0.2) is 0 Å². The monoisotopic (exact) mass is 277 g/mol. The van der Waals surface area contributed by atoms with Crippen LogP contribution in [0.4, 0.5) is 0 Å². The number of aliphatic hydroxyl groups excluding tert-OH is 1. The van der Waals surface area contributed by atoms with Gasteiger partial charge in [-0.3, -0.25) is 4.90 Å². The smallest absolute Gasteiger partial charge is 0.126 e. The Morgan fingerprint density at radius 2 is 1.75 bits per heavy atom. The number of benzene rings is 1. The second kappa shape index (κ2) is 6.15. The Morgan fingerprint density at radius 3 is 2.35 bits per heavy atom. The number of aliphatic hydroxyl groups is 1. The van der Waals surface area contributed by atoms with Crippen molar-refractivity contribution in [1.29, 1.82) is 0 Å². The topological polar surface area (TPSA) is 32.7 Å². The molecule has 2 unspecified atom stereocenters. The maximum atomic E-state index is 10.9. The summed E-state index contributed by atoms with van der Waals surface area (Å²) < 4.78 is 6.17. The van der Waals surface area contributed by atoms with Crippen LogP contribution >= 0.6 is 0 Å². The van der Waals surface area contributed by atoms with E-state index in [0.29, 0.717) is 0 Å². The molecule has 0 bridgehead atoms. The summed E-state index contributed by atoms with van der Waals surface area (Å²) in [5.41, 5.74) is 0.520. The van der Waals surface area contributed by atoms with Crippen LogP contribution in [-0.4, -0.2) is 34.7 Å². The highest BCUT2D eigenvalue weighted by Crippen LogP contribution is 2.41. The van der Waals surface area contributed by atoms with Gasteiger partial charge in [-0.1, -0.05) is 32.0 Å². The molecule has 0 aliphatic carbocycles. The summed E-state index contributed by atoms with van der Waals surface area (Å²) in [6.07, 6.45) is 1.68.